The van der Waals surface area contributed by atoms with Crippen LogP contribution in [0.15, 0.2) is 30.6 Å². The van der Waals surface area contributed by atoms with Gasteiger partial charge in [0.15, 0.2) is 0 Å². The summed E-state index contributed by atoms with van der Waals surface area (Å²) in [6.07, 6.45) is 6.03. The van der Waals surface area contributed by atoms with Crippen molar-refractivity contribution in [2.75, 3.05) is 24.5 Å². The highest BCUT2D eigenvalue weighted by Gasteiger charge is 2.38. The van der Waals surface area contributed by atoms with Crippen LogP contribution in [0.5, 0.6) is 0 Å². The van der Waals surface area contributed by atoms with Crippen molar-refractivity contribution in [2.45, 2.75) is 25.7 Å². The number of hydrogen-bond donors (Lipinski definition) is 1. The van der Waals surface area contributed by atoms with Gasteiger partial charge < -0.3 is 10.2 Å². The summed E-state index contributed by atoms with van der Waals surface area (Å²) < 4.78 is 1.81. The number of aryl methyl sites for hydroxylation is 3. The summed E-state index contributed by atoms with van der Waals surface area (Å²) in [5.74, 6) is 0.446. The van der Waals surface area contributed by atoms with Crippen LogP contribution in [-0.2, 0) is 18.3 Å². The van der Waals surface area contributed by atoms with Crippen LogP contribution in [0.1, 0.15) is 29.0 Å². The van der Waals surface area contributed by atoms with E-state index in [4.69, 9.17) is 0 Å². The van der Waals surface area contributed by atoms with Crippen LogP contribution in [0.25, 0.3) is 0 Å². The average molecular weight is 361 g/mol. The SMILES string of the molecule is Cc1ccc2c(c1)CCCN2C(=O)[C@H]1CNC[C@@H]1c1cnn(C)c1.Cl. The minimum Gasteiger partial charge on any atom is -0.315 e. The monoisotopic (exact) mass is 360 g/mol. The van der Waals surface area contributed by atoms with Crippen LogP contribution in [0.2, 0.25) is 0 Å². The first-order valence-electron chi connectivity index (χ1n) is 8.73. The summed E-state index contributed by atoms with van der Waals surface area (Å²) in [6, 6.07) is 6.44. The van der Waals surface area contributed by atoms with E-state index in [0.29, 0.717) is 0 Å². The van der Waals surface area contributed by atoms with Gasteiger partial charge in [-0.15, -0.1) is 12.4 Å². The molecular weight excluding hydrogens is 336 g/mol. The fourth-order valence-electron chi connectivity index (χ4n) is 4.08. The van der Waals surface area contributed by atoms with Crippen LogP contribution in [0.4, 0.5) is 5.69 Å². The van der Waals surface area contributed by atoms with Crippen LogP contribution in [0, 0.1) is 12.8 Å². The maximum Gasteiger partial charge on any atom is 0.232 e. The molecular formula is C19H25ClN4O. The van der Waals surface area contributed by atoms with Gasteiger partial charge in [0.25, 0.3) is 0 Å². The number of rotatable bonds is 2. The molecule has 0 bridgehead atoms. The highest BCUT2D eigenvalue weighted by atomic mass is 35.5. The zero-order chi connectivity index (χ0) is 16.7. The Labute approximate surface area is 154 Å². The zero-order valence-electron chi connectivity index (χ0n) is 14.7. The number of aromatic nitrogens is 2. The number of benzene rings is 1. The number of amides is 1. The van der Waals surface area contributed by atoms with Gasteiger partial charge in [-0.3, -0.25) is 9.48 Å². The van der Waals surface area contributed by atoms with Gasteiger partial charge in [0.05, 0.1) is 12.1 Å². The molecule has 2 aliphatic rings. The third-order valence-corrected chi connectivity index (χ3v) is 5.30. The molecule has 6 heteroatoms. The van der Waals surface area contributed by atoms with Crippen molar-refractivity contribution in [1.82, 2.24) is 15.1 Å². The van der Waals surface area contributed by atoms with E-state index in [9.17, 15) is 4.79 Å². The molecule has 0 spiro atoms. The zero-order valence-corrected chi connectivity index (χ0v) is 15.6. The molecule has 0 aliphatic carbocycles. The minimum atomic E-state index is -0.0125. The second-order valence-corrected chi connectivity index (χ2v) is 7.04. The first-order valence-corrected chi connectivity index (χ1v) is 8.73. The molecule has 1 saturated heterocycles. The summed E-state index contributed by atoms with van der Waals surface area (Å²) in [6.45, 7) is 4.53. The van der Waals surface area contributed by atoms with Crippen molar-refractivity contribution in [3.05, 3.63) is 47.3 Å². The van der Waals surface area contributed by atoms with Gasteiger partial charge in [0, 0.05) is 44.5 Å². The van der Waals surface area contributed by atoms with Gasteiger partial charge in [-0.05, 0) is 37.0 Å². The molecule has 5 nitrogen and oxygen atoms in total. The van der Waals surface area contributed by atoms with Gasteiger partial charge in [0.2, 0.25) is 5.91 Å². The molecule has 25 heavy (non-hydrogen) atoms. The lowest BCUT2D eigenvalue weighted by atomic mass is 9.88. The van der Waals surface area contributed by atoms with E-state index < -0.39 is 0 Å². The standard InChI is InChI=1S/C19H24N4O.ClH/c1-13-5-6-18-14(8-13)4-3-7-23(18)19(24)17-11-20-10-16(17)15-9-21-22(2)12-15;/h5-6,8-9,12,16-17,20H,3-4,7,10-11H2,1-2H3;1H/t16-,17+;/m1./s1. The second-order valence-electron chi connectivity index (χ2n) is 7.04. The molecule has 4 rings (SSSR count). The van der Waals surface area contributed by atoms with Gasteiger partial charge in [-0.25, -0.2) is 0 Å². The minimum absolute atomic E-state index is 0. The Morgan fingerprint density at radius 2 is 2.16 bits per heavy atom. The van der Waals surface area contributed by atoms with Crippen LogP contribution < -0.4 is 10.2 Å². The molecule has 0 saturated carbocycles. The van der Waals surface area contributed by atoms with E-state index >= 15 is 0 Å². The Bertz CT molecular complexity index is 773. The smallest absolute Gasteiger partial charge is 0.232 e. The highest BCUT2D eigenvalue weighted by Crippen LogP contribution is 2.34. The number of hydrogen-bond acceptors (Lipinski definition) is 3. The Balaban J connectivity index is 0.00000182. The molecule has 2 aromatic rings. The molecule has 0 unspecified atom stereocenters. The molecule has 1 aromatic heterocycles. The second kappa shape index (κ2) is 7.18. The van der Waals surface area contributed by atoms with Crippen LogP contribution in [0.3, 0.4) is 0 Å². The highest BCUT2D eigenvalue weighted by molar-refractivity contribution is 5.97. The summed E-state index contributed by atoms with van der Waals surface area (Å²) >= 11 is 0. The topological polar surface area (TPSA) is 50.2 Å². The van der Waals surface area contributed by atoms with E-state index in [0.717, 1.165) is 43.7 Å². The Morgan fingerprint density at radius 1 is 1.32 bits per heavy atom. The van der Waals surface area contributed by atoms with Crippen molar-refractivity contribution in [3.8, 4) is 0 Å². The maximum atomic E-state index is 13.3. The van der Waals surface area contributed by atoms with Gasteiger partial charge in [-0.1, -0.05) is 17.7 Å². The molecule has 134 valence electrons. The predicted octanol–water partition coefficient (Wildman–Crippen LogP) is 2.43. The molecule has 1 aromatic carbocycles. The third kappa shape index (κ3) is 3.31. The summed E-state index contributed by atoms with van der Waals surface area (Å²) in [5.41, 5.74) is 4.83. The summed E-state index contributed by atoms with van der Waals surface area (Å²) in [5, 5.41) is 7.68. The van der Waals surface area contributed by atoms with E-state index in [2.05, 4.69) is 35.5 Å². The number of anilines is 1. The maximum absolute atomic E-state index is 13.3. The fourth-order valence-corrected chi connectivity index (χ4v) is 4.08. The van der Waals surface area contributed by atoms with Crippen LogP contribution >= 0.6 is 12.4 Å². The normalized spacial score (nSPS) is 22.4. The van der Waals surface area contributed by atoms with Crippen molar-refractivity contribution in [3.63, 3.8) is 0 Å². The first-order chi connectivity index (χ1) is 11.6. The number of nitrogens with one attached hydrogen (secondary N) is 1. The lowest BCUT2D eigenvalue weighted by Gasteiger charge is -2.33. The quantitative estimate of drug-likeness (QED) is 0.894. The molecule has 2 atom stereocenters. The van der Waals surface area contributed by atoms with Gasteiger partial charge in [0.1, 0.15) is 0 Å². The molecule has 1 N–H and O–H groups in total. The third-order valence-electron chi connectivity index (χ3n) is 5.30. The van der Waals surface area contributed by atoms with E-state index in [1.807, 2.05) is 29.0 Å². The number of nitrogens with zero attached hydrogens (tertiary/aromatic N) is 3. The van der Waals surface area contributed by atoms with Gasteiger partial charge >= 0.3 is 0 Å². The lowest BCUT2D eigenvalue weighted by Crippen LogP contribution is -2.41. The summed E-state index contributed by atoms with van der Waals surface area (Å²) in [4.78, 5) is 15.3. The van der Waals surface area contributed by atoms with Crippen molar-refractivity contribution < 1.29 is 4.79 Å². The van der Waals surface area contributed by atoms with E-state index in [-0.39, 0.29) is 30.2 Å². The molecule has 1 amide bonds. The largest absolute Gasteiger partial charge is 0.315 e. The van der Waals surface area contributed by atoms with Crippen molar-refractivity contribution in [1.29, 1.82) is 0 Å². The molecule has 3 heterocycles. The lowest BCUT2D eigenvalue weighted by molar-refractivity contribution is -0.122. The number of fused-ring (bicyclic) bond motifs is 1. The first kappa shape index (κ1) is 18.0. The number of carbonyl (C=O) groups excluding carboxylic acids is 1. The average Bonchev–Trinajstić information content (AvgIpc) is 3.21. The Hall–Kier alpha value is -1.85. The fraction of sp³-hybridized carbons (Fsp3) is 0.474. The Morgan fingerprint density at radius 3 is 2.92 bits per heavy atom. The molecule has 0 radical (unpaired) electrons. The van der Waals surface area contributed by atoms with Gasteiger partial charge in [-0.2, -0.15) is 5.10 Å². The van der Waals surface area contributed by atoms with E-state index in [1.54, 1.807) is 0 Å². The summed E-state index contributed by atoms with van der Waals surface area (Å²) in [7, 11) is 1.92. The van der Waals surface area contributed by atoms with E-state index in [1.165, 1.54) is 11.1 Å². The predicted molar refractivity (Wildman–Crippen MR) is 101 cm³/mol. The number of carbonyl (C=O) groups is 1. The van der Waals surface area contributed by atoms with Crippen molar-refractivity contribution >= 4 is 24.0 Å². The molecule has 2 aliphatic heterocycles. The number of halogens is 1. The van der Waals surface area contributed by atoms with Crippen molar-refractivity contribution in [2.24, 2.45) is 13.0 Å². The molecule has 1 fully saturated rings. The Kier molecular flexibility index (Phi) is 5.16. The van der Waals surface area contributed by atoms with Crippen LogP contribution in [-0.4, -0.2) is 35.3 Å².